The summed E-state index contributed by atoms with van der Waals surface area (Å²) >= 11 is 6.38. The first-order valence-electron chi connectivity index (χ1n) is 10.6. The van der Waals surface area contributed by atoms with Crippen LogP contribution in [0.15, 0.2) is 27.4 Å². The quantitative estimate of drug-likeness (QED) is 0.359. The fourth-order valence-electron chi connectivity index (χ4n) is 3.61. The third kappa shape index (κ3) is 5.58. The fourth-order valence-corrected chi connectivity index (χ4v) is 3.81. The van der Waals surface area contributed by atoms with Crippen LogP contribution in [0, 0.1) is 0 Å². The number of ether oxygens (including phenoxy) is 2. The van der Waals surface area contributed by atoms with E-state index < -0.39 is 29.3 Å². The van der Waals surface area contributed by atoms with Crippen molar-refractivity contribution < 1.29 is 23.5 Å². The molecule has 31 heavy (non-hydrogen) atoms. The van der Waals surface area contributed by atoms with Crippen molar-refractivity contribution in [3.63, 3.8) is 0 Å². The van der Waals surface area contributed by atoms with Gasteiger partial charge in [-0.15, -0.1) is 0 Å². The Balaban J connectivity index is 1.84. The molecule has 1 atom stereocenters. The summed E-state index contributed by atoms with van der Waals surface area (Å²) in [5, 5.41) is 0.948. The van der Waals surface area contributed by atoms with E-state index in [2.05, 4.69) is 6.92 Å². The van der Waals surface area contributed by atoms with Crippen molar-refractivity contribution in [3.8, 4) is 5.75 Å². The summed E-state index contributed by atoms with van der Waals surface area (Å²) in [4.78, 5) is 38.6. The average Bonchev–Trinajstić information content (AvgIpc) is 3.16. The highest BCUT2D eigenvalue weighted by atomic mass is 35.5. The first kappa shape index (κ1) is 23.1. The highest BCUT2D eigenvalue weighted by Gasteiger charge is 2.38. The molecule has 0 spiro atoms. The zero-order chi connectivity index (χ0) is 22.8. The van der Waals surface area contributed by atoms with E-state index in [0.29, 0.717) is 30.4 Å². The van der Waals surface area contributed by atoms with E-state index in [1.807, 2.05) is 0 Å². The van der Waals surface area contributed by atoms with Gasteiger partial charge in [0.05, 0.1) is 5.02 Å². The van der Waals surface area contributed by atoms with Crippen LogP contribution in [0.2, 0.25) is 5.02 Å². The van der Waals surface area contributed by atoms with Crippen molar-refractivity contribution in [3.05, 3.63) is 39.2 Å². The van der Waals surface area contributed by atoms with Gasteiger partial charge in [-0.1, -0.05) is 24.9 Å². The maximum absolute atomic E-state index is 12.8. The summed E-state index contributed by atoms with van der Waals surface area (Å²) in [6, 6.07) is 3.81. The molecule has 2 heterocycles. The molecule has 1 aliphatic rings. The van der Waals surface area contributed by atoms with Gasteiger partial charge in [-0.3, -0.25) is 4.90 Å². The zero-order valence-electron chi connectivity index (χ0n) is 18.3. The normalized spacial score (nSPS) is 16.5. The number of fused-ring (bicyclic) bond motifs is 1. The molecular weight excluding hydrogens is 422 g/mol. The van der Waals surface area contributed by atoms with Gasteiger partial charge in [-0.2, -0.15) is 0 Å². The minimum absolute atomic E-state index is 0.0889. The van der Waals surface area contributed by atoms with E-state index in [0.717, 1.165) is 24.8 Å². The summed E-state index contributed by atoms with van der Waals surface area (Å²) in [6.07, 6.45) is 3.22. The standard InChI is InChI=1S/C23H28ClNO6/c1-5-6-8-14-11-20(26)29-18-13-19(16(24)12-15(14)18)30-21(27)17-9-7-10-25(17)22(28)31-23(2,3)4/h11-13,17H,5-10H2,1-4H3/t17-/m1/s1. The van der Waals surface area contributed by atoms with E-state index in [-0.39, 0.29) is 10.8 Å². The Kier molecular flexibility index (Phi) is 6.94. The van der Waals surface area contributed by atoms with E-state index >= 15 is 0 Å². The van der Waals surface area contributed by atoms with Crippen LogP contribution in [-0.4, -0.2) is 35.2 Å². The summed E-state index contributed by atoms with van der Waals surface area (Å²) < 4.78 is 16.2. The summed E-state index contributed by atoms with van der Waals surface area (Å²) in [5.74, 6) is -0.514. The molecule has 7 nitrogen and oxygen atoms in total. The van der Waals surface area contributed by atoms with Gasteiger partial charge in [0.15, 0.2) is 5.75 Å². The Labute approximate surface area is 186 Å². The molecule has 1 amide bonds. The van der Waals surface area contributed by atoms with Gasteiger partial charge in [0.25, 0.3) is 0 Å². The lowest BCUT2D eigenvalue weighted by molar-refractivity contribution is -0.139. The second-order valence-corrected chi connectivity index (χ2v) is 9.13. The lowest BCUT2D eigenvalue weighted by Crippen LogP contribution is -2.44. The van der Waals surface area contributed by atoms with E-state index in [9.17, 15) is 14.4 Å². The molecule has 1 saturated heterocycles. The second-order valence-electron chi connectivity index (χ2n) is 8.73. The topological polar surface area (TPSA) is 86.0 Å². The third-order valence-electron chi connectivity index (χ3n) is 5.05. The predicted octanol–water partition coefficient (Wildman–Crippen LogP) is 5.09. The molecule has 0 unspecified atom stereocenters. The average molecular weight is 450 g/mol. The Hall–Kier alpha value is -2.54. The van der Waals surface area contributed by atoms with E-state index in [1.165, 1.54) is 17.0 Å². The maximum atomic E-state index is 12.8. The Bertz CT molecular complexity index is 1040. The van der Waals surface area contributed by atoms with Crippen LogP contribution in [0.3, 0.4) is 0 Å². The molecule has 168 valence electrons. The Morgan fingerprint density at radius 3 is 2.68 bits per heavy atom. The SMILES string of the molecule is CCCCc1cc(=O)oc2cc(OC(=O)[C@H]3CCCN3C(=O)OC(C)(C)C)c(Cl)cc12. The number of unbranched alkanes of at least 4 members (excludes halogenated alkanes) is 1. The lowest BCUT2D eigenvalue weighted by atomic mass is 10.0. The van der Waals surface area contributed by atoms with Gasteiger partial charge in [0.2, 0.25) is 0 Å². The molecule has 8 heteroatoms. The van der Waals surface area contributed by atoms with Crippen LogP contribution < -0.4 is 10.4 Å². The molecule has 2 aromatic rings. The molecule has 3 rings (SSSR count). The van der Waals surface area contributed by atoms with Crippen molar-refractivity contribution in [1.29, 1.82) is 0 Å². The number of rotatable bonds is 5. The zero-order valence-corrected chi connectivity index (χ0v) is 19.1. The monoisotopic (exact) mass is 449 g/mol. The largest absolute Gasteiger partial charge is 0.444 e. The summed E-state index contributed by atoms with van der Waals surface area (Å²) in [6.45, 7) is 7.79. The lowest BCUT2D eigenvalue weighted by Gasteiger charge is -2.27. The summed E-state index contributed by atoms with van der Waals surface area (Å²) in [7, 11) is 0. The number of carbonyl (C=O) groups excluding carboxylic acids is 2. The number of nitrogens with zero attached hydrogens (tertiary/aromatic N) is 1. The molecule has 1 aromatic carbocycles. The van der Waals surface area contributed by atoms with Gasteiger partial charge >= 0.3 is 17.7 Å². The number of benzene rings is 1. The number of halogens is 1. The highest BCUT2D eigenvalue weighted by Crippen LogP contribution is 2.33. The fraction of sp³-hybridized carbons (Fsp3) is 0.522. The minimum Gasteiger partial charge on any atom is -0.444 e. The maximum Gasteiger partial charge on any atom is 0.411 e. The molecule has 0 radical (unpaired) electrons. The summed E-state index contributed by atoms with van der Waals surface area (Å²) in [5.41, 5.74) is 0.0223. The van der Waals surface area contributed by atoms with Crippen LogP contribution in [0.1, 0.15) is 58.9 Å². The van der Waals surface area contributed by atoms with Gasteiger partial charge < -0.3 is 13.9 Å². The molecule has 1 aromatic heterocycles. The van der Waals surface area contributed by atoms with Crippen molar-refractivity contribution in [2.45, 2.75) is 71.4 Å². The molecule has 1 fully saturated rings. The van der Waals surface area contributed by atoms with Crippen molar-refractivity contribution in [2.24, 2.45) is 0 Å². The number of carbonyl (C=O) groups is 2. The Morgan fingerprint density at radius 1 is 1.26 bits per heavy atom. The smallest absolute Gasteiger partial charge is 0.411 e. The van der Waals surface area contributed by atoms with Crippen LogP contribution >= 0.6 is 11.6 Å². The van der Waals surface area contributed by atoms with Crippen LogP contribution in [0.25, 0.3) is 11.0 Å². The molecule has 0 saturated carbocycles. The highest BCUT2D eigenvalue weighted by molar-refractivity contribution is 6.33. The van der Waals surface area contributed by atoms with Gasteiger partial charge in [-0.05, 0) is 58.1 Å². The number of hydrogen-bond acceptors (Lipinski definition) is 6. The number of likely N-dealkylation sites (tertiary alicyclic amines) is 1. The van der Waals surface area contributed by atoms with Gasteiger partial charge in [0.1, 0.15) is 17.2 Å². The Morgan fingerprint density at radius 2 is 2.00 bits per heavy atom. The second kappa shape index (κ2) is 9.30. The molecule has 0 N–H and O–H groups in total. The van der Waals surface area contributed by atoms with Crippen molar-refractivity contribution in [1.82, 2.24) is 4.90 Å². The van der Waals surface area contributed by atoms with Crippen molar-refractivity contribution >= 4 is 34.6 Å². The minimum atomic E-state index is -0.760. The molecule has 0 bridgehead atoms. The van der Waals surface area contributed by atoms with Crippen molar-refractivity contribution in [2.75, 3.05) is 6.54 Å². The van der Waals surface area contributed by atoms with E-state index in [4.69, 9.17) is 25.5 Å². The van der Waals surface area contributed by atoms with Gasteiger partial charge in [0, 0.05) is 24.1 Å². The molecule has 0 aliphatic carbocycles. The number of hydrogen-bond donors (Lipinski definition) is 0. The van der Waals surface area contributed by atoms with Crippen LogP contribution in [-0.2, 0) is 16.0 Å². The first-order valence-corrected chi connectivity index (χ1v) is 10.9. The van der Waals surface area contributed by atoms with Gasteiger partial charge in [-0.25, -0.2) is 14.4 Å². The third-order valence-corrected chi connectivity index (χ3v) is 5.34. The number of esters is 1. The van der Waals surface area contributed by atoms with Crippen LogP contribution in [0.4, 0.5) is 4.79 Å². The first-order chi connectivity index (χ1) is 14.6. The number of amides is 1. The molecular formula is C23H28ClNO6. The predicted molar refractivity (Wildman–Crippen MR) is 118 cm³/mol. The molecule has 1 aliphatic heterocycles. The number of aryl methyl sites for hydroxylation is 1. The van der Waals surface area contributed by atoms with E-state index in [1.54, 1.807) is 26.8 Å². The van der Waals surface area contributed by atoms with Crippen LogP contribution in [0.5, 0.6) is 5.75 Å².